The average Bonchev–Trinajstić information content (AvgIpc) is 2.91. The van der Waals surface area contributed by atoms with Crippen LogP contribution in [0.1, 0.15) is 11.1 Å². The second-order valence-corrected chi connectivity index (χ2v) is 4.83. The van der Waals surface area contributed by atoms with Gasteiger partial charge in [0, 0.05) is 25.1 Å². The van der Waals surface area contributed by atoms with E-state index in [-0.39, 0.29) is 0 Å². The van der Waals surface area contributed by atoms with E-state index in [0.29, 0.717) is 0 Å². The molecule has 0 unspecified atom stereocenters. The van der Waals surface area contributed by atoms with Crippen molar-refractivity contribution in [2.24, 2.45) is 0 Å². The molecule has 2 N–H and O–H groups in total. The third-order valence-corrected chi connectivity index (χ3v) is 3.28. The molecule has 0 aliphatic carbocycles. The Balaban J connectivity index is 2.09. The SMILES string of the molecule is CNc1cn2ccnc2c(Nc2cc(C)ccc2C)n1. The van der Waals surface area contributed by atoms with Gasteiger partial charge in [0.05, 0.1) is 6.20 Å². The summed E-state index contributed by atoms with van der Waals surface area (Å²) in [6, 6.07) is 6.31. The Labute approximate surface area is 117 Å². The van der Waals surface area contributed by atoms with Gasteiger partial charge in [-0.1, -0.05) is 12.1 Å². The van der Waals surface area contributed by atoms with E-state index in [1.54, 1.807) is 6.20 Å². The molecule has 102 valence electrons. The maximum atomic E-state index is 4.55. The molecule has 3 rings (SSSR count). The van der Waals surface area contributed by atoms with Crippen LogP contribution >= 0.6 is 0 Å². The summed E-state index contributed by atoms with van der Waals surface area (Å²) in [6.45, 7) is 4.15. The minimum Gasteiger partial charge on any atom is -0.372 e. The van der Waals surface area contributed by atoms with Crippen LogP contribution in [0.2, 0.25) is 0 Å². The number of anilines is 3. The van der Waals surface area contributed by atoms with Crippen molar-refractivity contribution in [1.29, 1.82) is 0 Å². The minimum absolute atomic E-state index is 0.746. The van der Waals surface area contributed by atoms with Gasteiger partial charge < -0.3 is 15.0 Å². The van der Waals surface area contributed by atoms with Crippen LogP contribution in [0.25, 0.3) is 5.65 Å². The molecule has 0 atom stereocenters. The molecular weight excluding hydrogens is 250 g/mol. The summed E-state index contributed by atoms with van der Waals surface area (Å²) in [6.07, 6.45) is 5.59. The molecule has 0 saturated carbocycles. The van der Waals surface area contributed by atoms with Crippen molar-refractivity contribution in [3.63, 3.8) is 0 Å². The zero-order chi connectivity index (χ0) is 14.1. The maximum absolute atomic E-state index is 4.55. The average molecular weight is 267 g/mol. The van der Waals surface area contributed by atoms with Crippen molar-refractivity contribution >= 4 is 23.0 Å². The summed E-state index contributed by atoms with van der Waals surface area (Å²) in [5.74, 6) is 1.54. The molecule has 2 aromatic heterocycles. The lowest BCUT2D eigenvalue weighted by Gasteiger charge is -2.12. The third kappa shape index (κ3) is 2.18. The predicted molar refractivity (Wildman–Crippen MR) is 81.7 cm³/mol. The molecule has 5 nitrogen and oxygen atoms in total. The third-order valence-electron chi connectivity index (χ3n) is 3.28. The predicted octanol–water partition coefficient (Wildman–Crippen LogP) is 3.13. The summed E-state index contributed by atoms with van der Waals surface area (Å²) in [4.78, 5) is 8.90. The van der Waals surface area contributed by atoms with Crippen LogP contribution in [-0.2, 0) is 0 Å². The highest BCUT2D eigenvalue weighted by Gasteiger charge is 2.08. The summed E-state index contributed by atoms with van der Waals surface area (Å²) < 4.78 is 1.95. The number of benzene rings is 1. The van der Waals surface area contributed by atoms with E-state index in [4.69, 9.17) is 0 Å². The van der Waals surface area contributed by atoms with Crippen molar-refractivity contribution in [1.82, 2.24) is 14.4 Å². The topological polar surface area (TPSA) is 54.2 Å². The molecule has 1 aromatic carbocycles. The summed E-state index contributed by atoms with van der Waals surface area (Å²) in [5, 5.41) is 6.44. The maximum Gasteiger partial charge on any atom is 0.180 e. The number of aromatic nitrogens is 3. The highest BCUT2D eigenvalue weighted by atomic mass is 15.1. The molecule has 0 radical (unpaired) electrons. The van der Waals surface area contributed by atoms with Crippen molar-refractivity contribution in [2.45, 2.75) is 13.8 Å². The van der Waals surface area contributed by atoms with Gasteiger partial charge in [0.25, 0.3) is 0 Å². The van der Waals surface area contributed by atoms with E-state index in [1.807, 2.05) is 23.8 Å². The van der Waals surface area contributed by atoms with E-state index >= 15 is 0 Å². The Morgan fingerprint density at radius 1 is 1.20 bits per heavy atom. The van der Waals surface area contributed by atoms with Gasteiger partial charge >= 0.3 is 0 Å². The van der Waals surface area contributed by atoms with Crippen LogP contribution in [0.3, 0.4) is 0 Å². The zero-order valence-corrected chi connectivity index (χ0v) is 11.8. The Morgan fingerprint density at radius 2 is 2.05 bits per heavy atom. The number of hydrogen-bond donors (Lipinski definition) is 2. The van der Waals surface area contributed by atoms with Crippen molar-refractivity contribution in [2.75, 3.05) is 17.7 Å². The van der Waals surface area contributed by atoms with Crippen LogP contribution in [0.4, 0.5) is 17.3 Å². The molecule has 0 fully saturated rings. The van der Waals surface area contributed by atoms with Gasteiger partial charge in [0.1, 0.15) is 5.82 Å². The molecule has 2 heterocycles. The van der Waals surface area contributed by atoms with E-state index in [1.165, 1.54) is 11.1 Å². The highest BCUT2D eigenvalue weighted by Crippen LogP contribution is 2.24. The second kappa shape index (κ2) is 4.85. The van der Waals surface area contributed by atoms with Crippen LogP contribution in [0.5, 0.6) is 0 Å². The molecule has 0 bridgehead atoms. The Bertz CT molecular complexity index is 760. The first kappa shape index (κ1) is 12.5. The Kier molecular flexibility index (Phi) is 3.02. The summed E-state index contributed by atoms with van der Waals surface area (Å²) >= 11 is 0. The first-order chi connectivity index (χ1) is 9.67. The smallest absolute Gasteiger partial charge is 0.180 e. The van der Waals surface area contributed by atoms with E-state index in [0.717, 1.165) is 23.0 Å². The van der Waals surface area contributed by atoms with Crippen LogP contribution in [0, 0.1) is 13.8 Å². The van der Waals surface area contributed by atoms with Crippen molar-refractivity contribution in [3.8, 4) is 0 Å². The van der Waals surface area contributed by atoms with Gasteiger partial charge in [-0.15, -0.1) is 0 Å². The van der Waals surface area contributed by atoms with Gasteiger partial charge in [0.2, 0.25) is 0 Å². The molecule has 0 amide bonds. The molecule has 3 aromatic rings. The first-order valence-corrected chi connectivity index (χ1v) is 6.53. The lowest BCUT2D eigenvalue weighted by atomic mass is 10.1. The number of nitrogens with one attached hydrogen (secondary N) is 2. The molecule has 20 heavy (non-hydrogen) atoms. The molecule has 5 heteroatoms. The molecular formula is C15H17N5. The molecule has 0 spiro atoms. The van der Waals surface area contributed by atoms with Crippen molar-refractivity contribution in [3.05, 3.63) is 47.9 Å². The Hall–Kier alpha value is -2.56. The first-order valence-electron chi connectivity index (χ1n) is 6.53. The van der Waals surface area contributed by atoms with Gasteiger partial charge in [-0.25, -0.2) is 9.97 Å². The summed E-state index contributed by atoms with van der Waals surface area (Å²) in [7, 11) is 1.85. The second-order valence-electron chi connectivity index (χ2n) is 4.83. The largest absolute Gasteiger partial charge is 0.372 e. The van der Waals surface area contributed by atoms with Crippen LogP contribution < -0.4 is 10.6 Å². The fraction of sp³-hybridized carbons (Fsp3) is 0.200. The fourth-order valence-corrected chi connectivity index (χ4v) is 2.13. The minimum atomic E-state index is 0.746. The highest BCUT2D eigenvalue weighted by molar-refractivity contribution is 5.73. The Morgan fingerprint density at radius 3 is 2.85 bits per heavy atom. The molecule has 0 saturated heterocycles. The lowest BCUT2D eigenvalue weighted by Crippen LogP contribution is -2.03. The van der Waals surface area contributed by atoms with E-state index < -0.39 is 0 Å². The zero-order valence-electron chi connectivity index (χ0n) is 11.8. The normalized spacial score (nSPS) is 10.8. The number of fused-ring (bicyclic) bond motifs is 1. The van der Waals surface area contributed by atoms with Crippen LogP contribution in [0.15, 0.2) is 36.8 Å². The number of imidazole rings is 1. The van der Waals surface area contributed by atoms with E-state index in [2.05, 4.69) is 52.6 Å². The van der Waals surface area contributed by atoms with E-state index in [9.17, 15) is 0 Å². The van der Waals surface area contributed by atoms with Gasteiger partial charge in [-0.3, -0.25) is 0 Å². The number of nitrogens with zero attached hydrogens (tertiary/aromatic N) is 3. The monoisotopic (exact) mass is 267 g/mol. The summed E-state index contributed by atoms with van der Waals surface area (Å²) in [5.41, 5.74) is 4.25. The van der Waals surface area contributed by atoms with Crippen LogP contribution in [-0.4, -0.2) is 21.4 Å². The van der Waals surface area contributed by atoms with Gasteiger partial charge in [-0.2, -0.15) is 0 Å². The van der Waals surface area contributed by atoms with Gasteiger partial charge in [0.15, 0.2) is 11.5 Å². The fourth-order valence-electron chi connectivity index (χ4n) is 2.13. The number of rotatable bonds is 3. The standard InChI is InChI=1S/C15H17N5/c1-10-4-5-11(2)12(8-10)18-14-15-17-6-7-20(15)9-13(16-3)19-14/h4-9,16H,1-3H3,(H,18,19). The van der Waals surface area contributed by atoms with Crippen molar-refractivity contribution < 1.29 is 0 Å². The molecule has 0 aliphatic heterocycles. The number of hydrogen-bond acceptors (Lipinski definition) is 4. The number of aryl methyl sites for hydroxylation is 2. The van der Waals surface area contributed by atoms with Gasteiger partial charge in [-0.05, 0) is 31.0 Å². The lowest BCUT2D eigenvalue weighted by molar-refractivity contribution is 1.12. The quantitative estimate of drug-likeness (QED) is 0.765. The molecule has 0 aliphatic rings.